The van der Waals surface area contributed by atoms with Crippen LogP contribution >= 0.6 is 11.3 Å². The topological polar surface area (TPSA) is 43.6 Å². The lowest BCUT2D eigenvalue weighted by molar-refractivity contribution is 0.0993. The lowest BCUT2D eigenvalue weighted by Gasteiger charge is -2.06. The predicted octanol–water partition coefficient (Wildman–Crippen LogP) is 3.54. The highest BCUT2D eigenvalue weighted by molar-refractivity contribution is 7.16. The molecule has 2 aromatic carbocycles. The van der Waals surface area contributed by atoms with Crippen molar-refractivity contribution in [3.05, 3.63) is 64.2 Å². The second kappa shape index (κ2) is 7.07. The summed E-state index contributed by atoms with van der Waals surface area (Å²) in [6.45, 7) is 3.09. The van der Waals surface area contributed by atoms with E-state index < -0.39 is 11.7 Å². The van der Waals surface area contributed by atoms with Crippen LogP contribution < -0.4 is 4.80 Å². The Hall–Kier alpha value is -2.31. The average molecular weight is 344 g/mol. The van der Waals surface area contributed by atoms with E-state index in [0.717, 1.165) is 15.8 Å². The van der Waals surface area contributed by atoms with E-state index >= 15 is 0 Å². The fraction of sp³-hybridized carbons (Fsp3) is 0.222. The summed E-state index contributed by atoms with van der Waals surface area (Å²) >= 11 is 1.41. The van der Waals surface area contributed by atoms with E-state index in [1.54, 1.807) is 19.2 Å². The molecule has 24 heavy (non-hydrogen) atoms. The Balaban J connectivity index is 2.16. The van der Waals surface area contributed by atoms with Crippen LogP contribution in [-0.2, 0) is 11.3 Å². The molecule has 0 spiro atoms. The van der Waals surface area contributed by atoms with Crippen molar-refractivity contribution >= 4 is 27.5 Å². The highest BCUT2D eigenvalue weighted by Gasteiger charge is 2.13. The van der Waals surface area contributed by atoms with Crippen LogP contribution in [0.25, 0.3) is 10.2 Å². The second-order valence-corrected chi connectivity index (χ2v) is 6.36. The molecule has 0 atom stereocenters. The van der Waals surface area contributed by atoms with Gasteiger partial charge in [-0.15, -0.1) is 0 Å². The summed E-state index contributed by atoms with van der Waals surface area (Å²) in [6, 6.07) is 11.9. The SMILES string of the molecule is COCCn1c(=NC(=O)c2ccccc2F)sc2cccc(C)c21. The minimum Gasteiger partial charge on any atom is -0.383 e. The number of nitrogens with zero attached hydrogens (tertiary/aromatic N) is 2. The number of hydrogen-bond donors (Lipinski definition) is 0. The van der Waals surface area contributed by atoms with Gasteiger partial charge in [-0.3, -0.25) is 4.79 Å². The number of aryl methyl sites for hydroxylation is 1. The van der Waals surface area contributed by atoms with E-state index in [1.807, 2.05) is 29.7 Å². The fourth-order valence-electron chi connectivity index (χ4n) is 2.56. The summed E-state index contributed by atoms with van der Waals surface area (Å²) in [5.74, 6) is -1.14. The Kier molecular flexibility index (Phi) is 4.87. The van der Waals surface area contributed by atoms with Crippen LogP contribution in [-0.4, -0.2) is 24.2 Å². The zero-order chi connectivity index (χ0) is 17.1. The fourth-order valence-corrected chi connectivity index (χ4v) is 3.70. The Morgan fingerprint density at radius 3 is 2.79 bits per heavy atom. The first-order valence-corrected chi connectivity index (χ1v) is 8.35. The normalized spacial score (nSPS) is 12.0. The van der Waals surface area contributed by atoms with Crippen LogP contribution in [0.15, 0.2) is 47.5 Å². The van der Waals surface area contributed by atoms with Gasteiger partial charge in [-0.05, 0) is 30.7 Å². The molecule has 1 aromatic heterocycles. The zero-order valence-electron chi connectivity index (χ0n) is 13.5. The lowest BCUT2D eigenvalue weighted by atomic mass is 10.2. The van der Waals surface area contributed by atoms with Crippen molar-refractivity contribution in [2.75, 3.05) is 13.7 Å². The van der Waals surface area contributed by atoms with E-state index in [1.165, 1.54) is 23.5 Å². The van der Waals surface area contributed by atoms with Gasteiger partial charge in [-0.25, -0.2) is 4.39 Å². The quantitative estimate of drug-likeness (QED) is 0.727. The number of fused-ring (bicyclic) bond motifs is 1. The van der Waals surface area contributed by atoms with Crippen molar-refractivity contribution < 1.29 is 13.9 Å². The number of halogens is 1. The van der Waals surface area contributed by atoms with Gasteiger partial charge in [-0.2, -0.15) is 4.99 Å². The first-order chi connectivity index (χ1) is 11.6. The number of thiazole rings is 1. The molecule has 0 aliphatic heterocycles. The van der Waals surface area contributed by atoms with E-state index in [4.69, 9.17) is 4.74 Å². The molecule has 0 N–H and O–H groups in total. The van der Waals surface area contributed by atoms with Crippen LogP contribution in [0, 0.1) is 12.7 Å². The molecule has 0 unspecified atom stereocenters. The molecule has 3 aromatic rings. The van der Waals surface area contributed by atoms with Gasteiger partial charge in [0.2, 0.25) is 0 Å². The van der Waals surface area contributed by atoms with Gasteiger partial charge in [0, 0.05) is 13.7 Å². The smallest absolute Gasteiger partial charge is 0.282 e. The van der Waals surface area contributed by atoms with Gasteiger partial charge < -0.3 is 9.30 Å². The highest BCUT2D eigenvalue weighted by Crippen LogP contribution is 2.21. The Bertz CT molecular complexity index is 959. The summed E-state index contributed by atoms with van der Waals surface area (Å²) in [5, 5.41) is 0. The summed E-state index contributed by atoms with van der Waals surface area (Å²) in [5.41, 5.74) is 2.10. The minimum absolute atomic E-state index is 0.0232. The number of amides is 1. The number of aromatic nitrogens is 1. The number of rotatable bonds is 4. The third-order valence-electron chi connectivity index (χ3n) is 3.72. The molecule has 0 saturated carbocycles. The number of benzene rings is 2. The maximum atomic E-state index is 13.8. The molecule has 0 bridgehead atoms. The Morgan fingerprint density at radius 2 is 2.04 bits per heavy atom. The van der Waals surface area contributed by atoms with E-state index in [0.29, 0.717) is 18.0 Å². The van der Waals surface area contributed by atoms with Crippen molar-refractivity contribution in [3.8, 4) is 0 Å². The number of hydrogen-bond acceptors (Lipinski definition) is 3. The Morgan fingerprint density at radius 1 is 1.25 bits per heavy atom. The summed E-state index contributed by atoms with van der Waals surface area (Å²) < 4.78 is 22.0. The summed E-state index contributed by atoms with van der Waals surface area (Å²) in [6.07, 6.45) is 0. The van der Waals surface area contributed by atoms with E-state index in [2.05, 4.69) is 4.99 Å². The van der Waals surface area contributed by atoms with Gasteiger partial charge in [0.15, 0.2) is 4.80 Å². The molecule has 0 fully saturated rings. The monoisotopic (exact) mass is 344 g/mol. The van der Waals surface area contributed by atoms with Crippen molar-refractivity contribution in [2.24, 2.45) is 4.99 Å². The molecule has 0 radical (unpaired) electrons. The van der Waals surface area contributed by atoms with Gasteiger partial charge in [-0.1, -0.05) is 35.6 Å². The third-order valence-corrected chi connectivity index (χ3v) is 4.77. The number of para-hydroxylation sites is 1. The summed E-state index contributed by atoms with van der Waals surface area (Å²) in [4.78, 5) is 17.1. The van der Waals surface area contributed by atoms with E-state index in [-0.39, 0.29) is 5.56 Å². The first-order valence-electron chi connectivity index (χ1n) is 7.53. The third kappa shape index (κ3) is 3.16. The molecule has 0 aliphatic carbocycles. The number of ether oxygens (including phenoxy) is 1. The van der Waals surface area contributed by atoms with Gasteiger partial charge >= 0.3 is 0 Å². The number of carbonyl (C=O) groups is 1. The second-order valence-electron chi connectivity index (χ2n) is 5.35. The first kappa shape index (κ1) is 16.5. The molecule has 3 rings (SSSR count). The van der Waals surface area contributed by atoms with Crippen LogP contribution in [0.3, 0.4) is 0 Å². The molecule has 1 amide bonds. The number of carbonyl (C=O) groups excluding carboxylic acids is 1. The van der Waals surface area contributed by atoms with Crippen LogP contribution in [0.2, 0.25) is 0 Å². The number of methoxy groups -OCH3 is 1. The van der Waals surface area contributed by atoms with Crippen molar-refractivity contribution in [1.82, 2.24) is 4.57 Å². The van der Waals surface area contributed by atoms with Crippen LogP contribution in [0.1, 0.15) is 15.9 Å². The molecule has 0 saturated heterocycles. The largest absolute Gasteiger partial charge is 0.383 e. The molecule has 1 heterocycles. The van der Waals surface area contributed by atoms with Crippen LogP contribution in [0.5, 0.6) is 0 Å². The van der Waals surface area contributed by atoms with Crippen molar-refractivity contribution in [1.29, 1.82) is 0 Å². The standard InChI is InChI=1S/C18H17FN2O2S/c1-12-6-5-9-15-16(12)21(10-11-23-2)18(24-15)20-17(22)13-7-3-4-8-14(13)19/h3-9H,10-11H2,1-2H3. The van der Waals surface area contributed by atoms with E-state index in [9.17, 15) is 9.18 Å². The van der Waals surface area contributed by atoms with Gasteiger partial charge in [0.25, 0.3) is 5.91 Å². The summed E-state index contributed by atoms with van der Waals surface area (Å²) in [7, 11) is 1.63. The van der Waals surface area contributed by atoms with Crippen molar-refractivity contribution in [2.45, 2.75) is 13.5 Å². The predicted molar refractivity (Wildman–Crippen MR) is 92.7 cm³/mol. The van der Waals surface area contributed by atoms with Crippen molar-refractivity contribution in [3.63, 3.8) is 0 Å². The molecular formula is C18H17FN2O2S. The molecular weight excluding hydrogens is 327 g/mol. The molecule has 6 heteroatoms. The average Bonchev–Trinajstić information content (AvgIpc) is 2.91. The minimum atomic E-state index is -0.580. The lowest BCUT2D eigenvalue weighted by Crippen LogP contribution is -2.20. The maximum Gasteiger partial charge on any atom is 0.282 e. The highest BCUT2D eigenvalue weighted by atomic mass is 32.1. The van der Waals surface area contributed by atoms with Crippen LogP contribution in [0.4, 0.5) is 4.39 Å². The van der Waals surface area contributed by atoms with Gasteiger partial charge in [0.1, 0.15) is 5.82 Å². The molecule has 4 nitrogen and oxygen atoms in total. The Labute approximate surface area is 142 Å². The molecule has 0 aliphatic rings. The maximum absolute atomic E-state index is 13.8. The molecule has 124 valence electrons. The van der Waals surface area contributed by atoms with Gasteiger partial charge in [0.05, 0.1) is 22.4 Å². The zero-order valence-corrected chi connectivity index (χ0v) is 14.3.